The van der Waals surface area contributed by atoms with Gasteiger partial charge in [-0.2, -0.15) is 10.1 Å². The number of carbonyl (C=O) groups excluding carboxylic acids is 1. The quantitative estimate of drug-likeness (QED) is 0.608. The van der Waals surface area contributed by atoms with E-state index in [0.717, 1.165) is 11.4 Å². The van der Waals surface area contributed by atoms with E-state index in [1.165, 1.54) is 6.33 Å². The van der Waals surface area contributed by atoms with Gasteiger partial charge in [0.25, 0.3) is 5.91 Å². The van der Waals surface area contributed by atoms with Gasteiger partial charge in [-0.05, 0) is 26.0 Å². The Morgan fingerprint density at radius 3 is 2.67 bits per heavy atom. The van der Waals surface area contributed by atoms with Crippen molar-refractivity contribution in [2.24, 2.45) is 0 Å². The van der Waals surface area contributed by atoms with E-state index >= 15 is 0 Å². The molecule has 0 radical (unpaired) electrons. The molecule has 9 nitrogen and oxygen atoms in total. The van der Waals surface area contributed by atoms with Crippen molar-refractivity contribution in [3.8, 4) is 11.3 Å². The van der Waals surface area contributed by atoms with Gasteiger partial charge in [-0.15, -0.1) is 0 Å². The van der Waals surface area contributed by atoms with E-state index in [1.54, 1.807) is 29.9 Å². The number of nitrogens with two attached hydrogens (primary N) is 1. The van der Waals surface area contributed by atoms with Gasteiger partial charge in [0.1, 0.15) is 18.0 Å². The first-order chi connectivity index (χ1) is 13.0. The van der Waals surface area contributed by atoms with Gasteiger partial charge in [0, 0.05) is 30.8 Å². The fourth-order valence-electron chi connectivity index (χ4n) is 2.73. The molecular formula is C18H22N8O. The topological polar surface area (TPSA) is 124 Å². The molecule has 1 aromatic carbocycles. The zero-order valence-electron chi connectivity index (χ0n) is 15.5. The average molecular weight is 366 g/mol. The maximum absolute atomic E-state index is 12.5. The lowest BCUT2D eigenvalue weighted by Crippen LogP contribution is -2.28. The maximum atomic E-state index is 12.5. The summed E-state index contributed by atoms with van der Waals surface area (Å²) in [4.78, 5) is 25.1. The van der Waals surface area contributed by atoms with Crippen molar-refractivity contribution in [1.82, 2.24) is 30.0 Å². The zero-order chi connectivity index (χ0) is 19.4. The molecule has 1 amide bonds. The summed E-state index contributed by atoms with van der Waals surface area (Å²) in [5.41, 5.74) is 7.81. The Morgan fingerprint density at radius 1 is 1.26 bits per heavy atom. The Kier molecular flexibility index (Phi) is 5.30. The molecule has 9 heteroatoms. The van der Waals surface area contributed by atoms with Gasteiger partial charge >= 0.3 is 0 Å². The fraction of sp³-hybridized carbons (Fsp3) is 0.278. The van der Waals surface area contributed by atoms with E-state index in [1.807, 2.05) is 26.0 Å². The highest BCUT2D eigenvalue weighted by atomic mass is 16.1. The third-order valence-corrected chi connectivity index (χ3v) is 4.12. The molecule has 1 atom stereocenters. The highest BCUT2D eigenvalue weighted by Crippen LogP contribution is 2.21. The lowest BCUT2D eigenvalue weighted by Gasteiger charge is -2.14. The molecule has 0 aliphatic heterocycles. The van der Waals surface area contributed by atoms with Crippen LogP contribution in [0, 0.1) is 0 Å². The number of nitrogens with zero attached hydrogens (tertiary/aromatic N) is 5. The van der Waals surface area contributed by atoms with E-state index in [9.17, 15) is 4.79 Å². The van der Waals surface area contributed by atoms with E-state index in [0.29, 0.717) is 23.6 Å². The van der Waals surface area contributed by atoms with Crippen LogP contribution in [0.1, 0.15) is 36.1 Å². The molecule has 0 spiro atoms. The largest absolute Gasteiger partial charge is 0.373 e. The Labute approximate surface area is 157 Å². The standard InChI is InChI=1S/C18H22N8O/c1-4-26-16(21-10-22-26)11(2)23-17(27)13-7-5-12(6-8-13)14-9-15(20-3)25-18(19)24-14/h5-11H,4H2,1-3H3,(H,23,27)(H3,19,20,24,25)/t11-/m0/s1. The van der Waals surface area contributed by atoms with Gasteiger partial charge in [-0.25, -0.2) is 14.6 Å². The predicted molar refractivity (Wildman–Crippen MR) is 103 cm³/mol. The van der Waals surface area contributed by atoms with Crippen LogP contribution < -0.4 is 16.4 Å². The Hall–Kier alpha value is -3.49. The van der Waals surface area contributed by atoms with E-state index in [4.69, 9.17) is 5.73 Å². The summed E-state index contributed by atoms with van der Waals surface area (Å²) in [5, 5.41) is 10.0. The van der Waals surface area contributed by atoms with Crippen molar-refractivity contribution in [1.29, 1.82) is 0 Å². The first-order valence-corrected chi connectivity index (χ1v) is 8.63. The number of aromatic nitrogens is 5. The first kappa shape index (κ1) is 18.3. The van der Waals surface area contributed by atoms with Crippen molar-refractivity contribution in [2.75, 3.05) is 18.1 Å². The molecule has 0 fully saturated rings. The van der Waals surface area contributed by atoms with Crippen LogP contribution in [-0.2, 0) is 6.54 Å². The van der Waals surface area contributed by atoms with E-state index < -0.39 is 0 Å². The van der Waals surface area contributed by atoms with Crippen molar-refractivity contribution in [2.45, 2.75) is 26.4 Å². The Morgan fingerprint density at radius 2 is 2.00 bits per heavy atom. The van der Waals surface area contributed by atoms with Crippen molar-refractivity contribution in [3.05, 3.63) is 48.0 Å². The van der Waals surface area contributed by atoms with Crippen molar-refractivity contribution in [3.63, 3.8) is 0 Å². The van der Waals surface area contributed by atoms with Crippen molar-refractivity contribution < 1.29 is 4.79 Å². The monoisotopic (exact) mass is 366 g/mol. The van der Waals surface area contributed by atoms with Crippen LogP contribution in [0.4, 0.5) is 11.8 Å². The van der Waals surface area contributed by atoms with Crippen LogP contribution in [0.5, 0.6) is 0 Å². The van der Waals surface area contributed by atoms with E-state index in [2.05, 4.69) is 30.7 Å². The number of benzene rings is 1. The molecule has 4 N–H and O–H groups in total. The molecule has 27 heavy (non-hydrogen) atoms. The van der Waals surface area contributed by atoms with Gasteiger partial charge in [0.15, 0.2) is 0 Å². The van der Waals surface area contributed by atoms with Crippen LogP contribution in [0.25, 0.3) is 11.3 Å². The highest BCUT2D eigenvalue weighted by molar-refractivity contribution is 5.94. The smallest absolute Gasteiger partial charge is 0.251 e. The second-order valence-electron chi connectivity index (χ2n) is 5.95. The van der Waals surface area contributed by atoms with Gasteiger partial charge in [-0.1, -0.05) is 12.1 Å². The third-order valence-electron chi connectivity index (χ3n) is 4.12. The Balaban J connectivity index is 1.75. The van der Waals surface area contributed by atoms with Crippen molar-refractivity contribution >= 4 is 17.7 Å². The number of aryl methyl sites for hydroxylation is 1. The number of nitrogen functional groups attached to an aromatic ring is 1. The van der Waals surface area contributed by atoms with E-state index in [-0.39, 0.29) is 17.9 Å². The number of amides is 1. The number of rotatable bonds is 6. The average Bonchev–Trinajstić information content (AvgIpc) is 3.16. The molecule has 3 aromatic rings. The lowest BCUT2D eigenvalue weighted by atomic mass is 10.1. The third kappa shape index (κ3) is 4.02. The van der Waals surface area contributed by atoms with Gasteiger partial charge in [0.05, 0.1) is 11.7 Å². The minimum absolute atomic E-state index is 0.183. The summed E-state index contributed by atoms with van der Waals surface area (Å²) in [6.45, 7) is 4.55. The van der Waals surface area contributed by atoms with Gasteiger partial charge in [0.2, 0.25) is 5.95 Å². The van der Waals surface area contributed by atoms with Gasteiger partial charge in [-0.3, -0.25) is 4.79 Å². The number of anilines is 2. The number of hydrogen-bond acceptors (Lipinski definition) is 7. The molecule has 0 saturated carbocycles. The molecule has 2 heterocycles. The SMILES string of the molecule is CCn1ncnc1[C@H](C)NC(=O)c1ccc(-c2cc(NC)nc(N)n2)cc1. The lowest BCUT2D eigenvalue weighted by molar-refractivity contribution is 0.0937. The molecule has 2 aromatic heterocycles. The van der Waals surface area contributed by atoms with Crippen LogP contribution in [0.15, 0.2) is 36.7 Å². The summed E-state index contributed by atoms with van der Waals surface area (Å²) in [7, 11) is 1.76. The molecule has 0 aliphatic rings. The van der Waals surface area contributed by atoms with Crippen LogP contribution in [0.3, 0.4) is 0 Å². The second-order valence-corrected chi connectivity index (χ2v) is 5.95. The molecular weight excluding hydrogens is 344 g/mol. The summed E-state index contributed by atoms with van der Waals surface area (Å²) in [5.74, 6) is 1.36. The fourth-order valence-corrected chi connectivity index (χ4v) is 2.73. The summed E-state index contributed by atoms with van der Waals surface area (Å²) >= 11 is 0. The normalized spacial score (nSPS) is 11.8. The number of hydrogen-bond donors (Lipinski definition) is 3. The molecule has 140 valence electrons. The van der Waals surface area contributed by atoms with Crippen LogP contribution in [-0.4, -0.2) is 37.7 Å². The van der Waals surface area contributed by atoms with Crippen LogP contribution >= 0.6 is 0 Å². The highest BCUT2D eigenvalue weighted by Gasteiger charge is 2.16. The molecule has 3 rings (SSSR count). The minimum atomic E-state index is -0.250. The minimum Gasteiger partial charge on any atom is -0.373 e. The maximum Gasteiger partial charge on any atom is 0.251 e. The Bertz CT molecular complexity index is 935. The number of nitrogens with one attached hydrogen (secondary N) is 2. The van der Waals surface area contributed by atoms with Crippen LogP contribution in [0.2, 0.25) is 0 Å². The summed E-state index contributed by atoms with van der Waals surface area (Å²) in [6, 6.07) is 8.70. The number of carbonyl (C=O) groups is 1. The van der Waals surface area contributed by atoms with Gasteiger partial charge < -0.3 is 16.4 Å². The summed E-state index contributed by atoms with van der Waals surface area (Å²) < 4.78 is 1.76. The first-order valence-electron chi connectivity index (χ1n) is 8.63. The molecule has 0 bridgehead atoms. The zero-order valence-corrected chi connectivity index (χ0v) is 15.5. The second kappa shape index (κ2) is 7.81. The predicted octanol–water partition coefficient (Wildman–Crippen LogP) is 1.87. The molecule has 0 unspecified atom stereocenters. The summed E-state index contributed by atoms with van der Waals surface area (Å²) in [6.07, 6.45) is 1.49. The molecule has 0 saturated heterocycles. The molecule has 0 aliphatic carbocycles.